The van der Waals surface area contributed by atoms with Gasteiger partial charge in [-0.3, -0.25) is 0 Å². The smallest absolute Gasteiger partial charge is 0.348 e. The second-order valence-corrected chi connectivity index (χ2v) is 6.59. The van der Waals surface area contributed by atoms with Crippen molar-refractivity contribution in [3.63, 3.8) is 0 Å². The maximum absolute atomic E-state index is 12.7. The van der Waals surface area contributed by atoms with Crippen molar-refractivity contribution in [3.05, 3.63) is 88.4 Å². The average molecular weight is 411 g/mol. The van der Waals surface area contributed by atoms with E-state index in [1.807, 2.05) is 48.5 Å². The SMILES string of the molecule is CCOC(=O)C(C#N)=Cc1cn(-c2ccccc2)nc1-c1cc2ccccc2oc1=O. The van der Waals surface area contributed by atoms with Crippen LogP contribution >= 0.6 is 0 Å². The molecular weight excluding hydrogens is 394 g/mol. The Hall–Kier alpha value is -4.44. The summed E-state index contributed by atoms with van der Waals surface area (Å²) in [6, 6.07) is 20.0. The first-order valence-electron chi connectivity index (χ1n) is 9.58. The molecule has 7 heteroatoms. The van der Waals surface area contributed by atoms with Crippen molar-refractivity contribution in [1.82, 2.24) is 9.78 Å². The van der Waals surface area contributed by atoms with Crippen LogP contribution in [0.3, 0.4) is 0 Å². The van der Waals surface area contributed by atoms with Gasteiger partial charge in [0.1, 0.15) is 22.9 Å². The molecule has 2 aromatic carbocycles. The summed E-state index contributed by atoms with van der Waals surface area (Å²) in [5.74, 6) is -0.742. The van der Waals surface area contributed by atoms with Gasteiger partial charge in [0.15, 0.2) is 0 Å². The lowest BCUT2D eigenvalue weighted by atomic mass is 10.1. The predicted molar refractivity (Wildman–Crippen MR) is 115 cm³/mol. The molecule has 0 fully saturated rings. The van der Waals surface area contributed by atoms with E-state index in [0.29, 0.717) is 16.8 Å². The van der Waals surface area contributed by atoms with E-state index in [0.717, 1.165) is 11.1 Å². The van der Waals surface area contributed by atoms with Gasteiger partial charge in [-0.25, -0.2) is 14.3 Å². The second-order valence-electron chi connectivity index (χ2n) is 6.59. The monoisotopic (exact) mass is 411 g/mol. The average Bonchev–Trinajstić information content (AvgIpc) is 3.21. The highest BCUT2D eigenvalue weighted by Gasteiger charge is 2.19. The topological polar surface area (TPSA) is 98.1 Å². The largest absolute Gasteiger partial charge is 0.462 e. The maximum atomic E-state index is 12.7. The zero-order valence-electron chi connectivity index (χ0n) is 16.6. The molecule has 0 atom stereocenters. The molecule has 152 valence electrons. The van der Waals surface area contributed by atoms with E-state index in [2.05, 4.69) is 5.10 Å². The summed E-state index contributed by atoms with van der Waals surface area (Å²) in [6.07, 6.45) is 3.02. The van der Waals surface area contributed by atoms with Gasteiger partial charge in [0.25, 0.3) is 0 Å². The quantitative estimate of drug-likeness (QED) is 0.212. The van der Waals surface area contributed by atoms with E-state index in [-0.39, 0.29) is 17.7 Å². The minimum Gasteiger partial charge on any atom is -0.462 e. The van der Waals surface area contributed by atoms with Crippen LogP contribution in [-0.4, -0.2) is 22.4 Å². The van der Waals surface area contributed by atoms with Gasteiger partial charge in [0.2, 0.25) is 0 Å². The molecule has 0 spiro atoms. The Bertz CT molecular complexity index is 1390. The molecule has 7 nitrogen and oxygen atoms in total. The summed E-state index contributed by atoms with van der Waals surface area (Å²) in [5.41, 5.74) is 1.38. The Morgan fingerprint density at radius 2 is 1.94 bits per heavy atom. The zero-order chi connectivity index (χ0) is 21.8. The predicted octanol–water partition coefficient (Wildman–Crippen LogP) is 4.12. The minimum atomic E-state index is -0.742. The summed E-state index contributed by atoms with van der Waals surface area (Å²) in [7, 11) is 0. The lowest BCUT2D eigenvalue weighted by Crippen LogP contribution is -2.07. The first-order chi connectivity index (χ1) is 15.1. The summed E-state index contributed by atoms with van der Waals surface area (Å²) in [5, 5.41) is 14.7. The van der Waals surface area contributed by atoms with Crippen molar-refractivity contribution in [3.8, 4) is 23.0 Å². The fourth-order valence-electron chi connectivity index (χ4n) is 3.14. The number of rotatable bonds is 5. The first kappa shape index (κ1) is 19.9. The fraction of sp³-hybridized carbons (Fsp3) is 0.0833. The number of para-hydroxylation sites is 2. The molecule has 0 amide bonds. The van der Waals surface area contributed by atoms with Gasteiger partial charge >= 0.3 is 11.6 Å². The van der Waals surface area contributed by atoms with E-state index in [1.165, 1.54) is 6.08 Å². The number of nitriles is 1. The van der Waals surface area contributed by atoms with Gasteiger partial charge in [-0.05, 0) is 37.3 Å². The van der Waals surface area contributed by atoms with E-state index in [1.54, 1.807) is 36.0 Å². The van der Waals surface area contributed by atoms with Crippen LogP contribution in [0.25, 0.3) is 34.0 Å². The van der Waals surface area contributed by atoms with E-state index in [4.69, 9.17) is 9.15 Å². The van der Waals surface area contributed by atoms with Crippen molar-refractivity contribution in [2.75, 3.05) is 6.61 Å². The Kier molecular flexibility index (Phi) is 5.45. The molecule has 0 aliphatic carbocycles. The molecule has 0 N–H and O–H groups in total. The number of esters is 1. The molecule has 2 aromatic heterocycles. The second kappa shape index (κ2) is 8.51. The van der Waals surface area contributed by atoms with Crippen LogP contribution < -0.4 is 5.63 Å². The lowest BCUT2D eigenvalue weighted by Gasteiger charge is -2.02. The molecule has 0 unspecified atom stereocenters. The number of carbonyl (C=O) groups is 1. The van der Waals surface area contributed by atoms with Gasteiger partial charge in [-0.15, -0.1) is 0 Å². The molecule has 4 aromatic rings. The molecule has 4 rings (SSSR count). The number of hydrogen-bond donors (Lipinski definition) is 0. The number of fused-ring (bicyclic) bond motifs is 1. The van der Waals surface area contributed by atoms with Crippen LogP contribution in [0.1, 0.15) is 12.5 Å². The van der Waals surface area contributed by atoms with Crippen LogP contribution in [0.5, 0.6) is 0 Å². The molecule has 2 heterocycles. The summed E-state index contributed by atoms with van der Waals surface area (Å²) >= 11 is 0. The normalized spacial score (nSPS) is 11.3. The number of hydrogen-bond acceptors (Lipinski definition) is 6. The molecule has 0 bridgehead atoms. The van der Waals surface area contributed by atoms with Crippen molar-refractivity contribution in [1.29, 1.82) is 5.26 Å². The molecule has 0 saturated carbocycles. The van der Waals surface area contributed by atoms with E-state index >= 15 is 0 Å². The summed E-state index contributed by atoms with van der Waals surface area (Å²) < 4.78 is 12.0. The number of benzene rings is 2. The third kappa shape index (κ3) is 4.00. The van der Waals surface area contributed by atoms with Crippen LogP contribution in [0.4, 0.5) is 0 Å². The third-order valence-electron chi connectivity index (χ3n) is 4.58. The first-order valence-corrected chi connectivity index (χ1v) is 9.58. The van der Waals surface area contributed by atoms with Crippen LogP contribution in [0.15, 0.2) is 81.6 Å². The maximum Gasteiger partial charge on any atom is 0.348 e. The number of aromatic nitrogens is 2. The Morgan fingerprint density at radius 1 is 1.19 bits per heavy atom. The number of ether oxygens (including phenoxy) is 1. The van der Waals surface area contributed by atoms with Gasteiger partial charge in [0, 0.05) is 17.1 Å². The third-order valence-corrected chi connectivity index (χ3v) is 4.58. The summed E-state index contributed by atoms with van der Waals surface area (Å²) in [4.78, 5) is 24.9. The standard InChI is InChI=1S/C24H17N3O4/c1-2-30-23(28)17(14-25)12-18-15-27(19-9-4-3-5-10-19)26-22(18)20-13-16-8-6-7-11-21(16)31-24(20)29/h3-13,15H,2H2,1H3. The Labute approximate surface area is 177 Å². The van der Waals surface area contributed by atoms with Gasteiger partial charge in [0.05, 0.1) is 17.9 Å². The van der Waals surface area contributed by atoms with Gasteiger partial charge < -0.3 is 9.15 Å². The fourth-order valence-corrected chi connectivity index (χ4v) is 3.14. The van der Waals surface area contributed by atoms with Crippen molar-refractivity contribution in [2.24, 2.45) is 0 Å². The lowest BCUT2D eigenvalue weighted by molar-refractivity contribution is -0.137. The van der Waals surface area contributed by atoms with Crippen LogP contribution in [-0.2, 0) is 9.53 Å². The highest BCUT2D eigenvalue weighted by molar-refractivity contribution is 5.99. The Morgan fingerprint density at radius 3 is 2.68 bits per heavy atom. The molecule has 31 heavy (non-hydrogen) atoms. The number of carbonyl (C=O) groups excluding carboxylic acids is 1. The molecule has 0 radical (unpaired) electrons. The van der Waals surface area contributed by atoms with Gasteiger partial charge in [-0.1, -0.05) is 36.4 Å². The van der Waals surface area contributed by atoms with Crippen molar-refractivity contribution < 1.29 is 13.9 Å². The zero-order valence-corrected chi connectivity index (χ0v) is 16.6. The summed E-state index contributed by atoms with van der Waals surface area (Å²) in [6.45, 7) is 1.80. The Balaban J connectivity index is 1.94. The molecular formula is C24H17N3O4. The van der Waals surface area contributed by atoms with Crippen LogP contribution in [0.2, 0.25) is 0 Å². The highest BCUT2D eigenvalue weighted by Crippen LogP contribution is 2.26. The minimum absolute atomic E-state index is 0.141. The molecule has 0 aliphatic heterocycles. The number of nitrogens with zero attached hydrogens (tertiary/aromatic N) is 3. The van der Waals surface area contributed by atoms with E-state index < -0.39 is 11.6 Å². The van der Waals surface area contributed by atoms with Crippen molar-refractivity contribution >= 4 is 23.0 Å². The highest BCUT2D eigenvalue weighted by atomic mass is 16.5. The van der Waals surface area contributed by atoms with Crippen LogP contribution in [0, 0.1) is 11.3 Å². The van der Waals surface area contributed by atoms with Crippen molar-refractivity contribution in [2.45, 2.75) is 6.92 Å². The van der Waals surface area contributed by atoms with E-state index in [9.17, 15) is 14.9 Å². The molecule has 0 aliphatic rings. The van der Waals surface area contributed by atoms with Gasteiger partial charge in [-0.2, -0.15) is 10.4 Å². The molecule has 0 saturated heterocycles.